The van der Waals surface area contributed by atoms with E-state index in [1.165, 1.54) is 11.4 Å². The van der Waals surface area contributed by atoms with Gasteiger partial charge in [-0.2, -0.15) is 4.31 Å². The minimum Gasteiger partial charge on any atom is -0.497 e. The maximum Gasteiger partial charge on any atom is 0.313 e. The second kappa shape index (κ2) is 11.6. The lowest BCUT2D eigenvalue weighted by Gasteiger charge is -2.22. The number of carbonyl (C=O) groups is 2. The van der Waals surface area contributed by atoms with Crippen LogP contribution in [-0.2, 0) is 30.9 Å². The molecule has 0 N–H and O–H groups in total. The zero-order chi connectivity index (χ0) is 22.9. The van der Waals surface area contributed by atoms with Gasteiger partial charge in [0.1, 0.15) is 18.0 Å². The lowest BCUT2D eigenvalue weighted by molar-refractivity contribution is -0.143. The van der Waals surface area contributed by atoms with Crippen LogP contribution in [0.15, 0.2) is 53.4 Å². The molecule has 0 saturated heterocycles. The number of hydrogen-bond donors (Lipinski definition) is 0. The van der Waals surface area contributed by atoms with Crippen LogP contribution >= 0.6 is 0 Å². The number of aryl methyl sites for hydroxylation is 1. The van der Waals surface area contributed by atoms with Crippen molar-refractivity contribution in [2.75, 3.05) is 20.8 Å². The number of carbonyl (C=O) groups excluding carboxylic acids is 2. The second-order valence-corrected chi connectivity index (χ2v) is 9.19. The van der Waals surface area contributed by atoms with E-state index in [0.29, 0.717) is 18.6 Å². The number of sulfonamides is 1. The molecule has 0 atom stereocenters. The van der Waals surface area contributed by atoms with Crippen LogP contribution in [0, 0.1) is 6.92 Å². The molecule has 2 rings (SSSR count). The van der Waals surface area contributed by atoms with Gasteiger partial charge in [-0.25, -0.2) is 8.42 Å². The van der Waals surface area contributed by atoms with Crippen LogP contribution in [0.2, 0.25) is 0 Å². The lowest BCUT2D eigenvalue weighted by Crippen LogP contribution is -2.31. The molecule has 8 heteroatoms. The molecular weight excluding hydrogens is 418 g/mol. The molecule has 0 aliphatic heterocycles. The Morgan fingerprint density at radius 3 is 2.16 bits per heavy atom. The molecule has 0 radical (unpaired) electrons. The van der Waals surface area contributed by atoms with Crippen molar-refractivity contribution in [1.29, 1.82) is 0 Å². The van der Waals surface area contributed by atoms with Gasteiger partial charge in [-0.3, -0.25) is 9.59 Å². The third-order valence-corrected chi connectivity index (χ3v) is 6.72. The van der Waals surface area contributed by atoms with Gasteiger partial charge >= 0.3 is 5.97 Å². The summed E-state index contributed by atoms with van der Waals surface area (Å²) in [5.41, 5.74) is 1.81. The third kappa shape index (κ3) is 7.48. The Labute approximate surface area is 184 Å². The molecule has 31 heavy (non-hydrogen) atoms. The number of ether oxygens (including phenoxy) is 2. The molecule has 0 heterocycles. The Balaban J connectivity index is 2.10. The third-order valence-electron chi connectivity index (χ3n) is 4.86. The van der Waals surface area contributed by atoms with E-state index in [0.717, 1.165) is 11.1 Å². The average molecular weight is 448 g/mol. The summed E-state index contributed by atoms with van der Waals surface area (Å²) in [4.78, 5) is 23.2. The van der Waals surface area contributed by atoms with Crippen LogP contribution in [0.25, 0.3) is 0 Å². The minimum absolute atomic E-state index is 0.204. The fraction of sp³-hybridized carbons (Fsp3) is 0.391. The molecule has 0 aliphatic carbocycles. The summed E-state index contributed by atoms with van der Waals surface area (Å²) in [6, 6.07) is 14.0. The first-order valence-corrected chi connectivity index (χ1v) is 11.5. The van der Waals surface area contributed by atoms with Crippen LogP contribution in [0.3, 0.4) is 0 Å². The quantitative estimate of drug-likeness (QED) is 0.281. The smallest absolute Gasteiger partial charge is 0.313 e. The number of unbranched alkanes of at least 4 members (excludes halogenated alkanes) is 1. The summed E-state index contributed by atoms with van der Waals surface area (Å²) in [5.74, 6) is -0.0798. The standard InChI is InChI=1S/C23H29NO6S/c1-18-7-13-22(14-8-18)31(27,28)24(17-19-9-11-21(29-2)12-10-19)15-5-4-6-20(25)16-23(26)30-3/h7-14H,4-6,15-17H2,1-3H3. The summed E-state index contributed by atoms with van der Waals surface area (Å²) in [7, 11) is -0.900. The van der Waals surface area contributed by atoms with Gasteiger partial charge in [-0.1, -0.05) is 29.8 Å². The van der Waals surface area contributed by atoms with Crippen molar-refractivity contribution in [3.8, 4) is 5.75 Å². The molecule has 2 aromatic rings. The molecule has 0 unspecified atom stereocenters. The minimum atomic E-state index is -3.71. The fourth-order valence-corrected chi connectivity index (χ4v) is 4.48. The highest BCUT2D eigenvalue weighted by molar-refractivity contribution is 7.89. The fourth-order valence-electron chi connectivity index (χ4n) is 3.01. The van der Waals surface area contributed by atoms with Gasteiger partial charge in [-0.05, 0) is 49.6 Å². The summed E-state index contributed by atoms with van der Waals surface area (Å²) in [6.07, 6.45) is 0.927. The topological polar surface area (TPSA) is 90.0 Å². The Morgan fingerprint density at radius 1 is 0.935 bits per heavy atom. The first-order chi connectivity index (χ1) is 14.8. The predicted octanol–water partition coefficient (Wildman–Crippen LogP) is 3.50. The van der Waals surface area contributed by atoms with E-state index in [1.807, 2.05) is 19.1 Å². The van der Waals surface area contributed by atoms with E-state index in [2.05, 4.69) is 4.74 Å². The number of rotatable bonds is 12. The number of ketones is 1. The number of benzene rings is 2. The normalized spacial score (nSPS) is 11.4. The summed E-state index contributed by atoms with van der Waals surface area (Å²) in [6.45, 7) is 2.36. The van der Waals surface area contributed by atoms with Crippen LogP contribution in [0.5, 0.6) is 5.75 Å². The van der Waals surface area contributed by atoms with Crippen LogP contribution in [-0.4, -0.2) is 45.2 Å². The van der Waals surface area contributed by atoms with Gasteiger partial charge in [-0.15, -0.1) is 0 Å². The average Bonchev–Trinajstić information content (AvgIpc) is 2.76. The summed E-state index contributed by atoms with van der Waals surface area (Å²) in [5, 5.41) is 0. The van der Waals surface area contributed by atoms with Crippen LogP contribution in [0.4, 0.5) is 0 Å². The van der Waals surface area contributed by atoms with Crippen molar-refractivity contribution in [2.45, 2.75) is 44.0 Å². The summed E-state index contributed by atoms with van der Waals surface area (Å²) < 4.78 is 37.6. The van der Waals surface area contributed by atoms with E-state index >= 15 is 0 Å². The number of nitrogens with zero attached hydrogens (tertiary/aromatic N) is 1. The molecule has 0 bridgehead atoms. The van der Waals surface area contributed by atoms with E-state index in [9.17, 15) is 18.0 Å². The highest BCUT2D eigenvalue weighted by Crippen LogP contribution is 2.21. The molecule has 0 amide bonds. The van der Waals surface area contributed by atoms with Gasteiger partial charge in [0.2, 0.25) is 10.0 Å². The van der Waals surface area contributed by atoms with Crippen molar-refractivity contribution >= 4 is 21.8 Å². The van der Waals surface area contributed by atoms with Crippen molar-refractivity contribution in [3.63, 3.8) is 0 Å². The van der Waals surface area contributed by atoms with Crippen LogP contribution in [0.1, 0.15) is 36.8 Å². The molecule has 168 valence electrons. The van der Waals surface area contributed by atoms with Gasteiger partial charge < -0.3 is 9.47 Å². The zero-order valence-corrected chi connectivity index (χ0v) is 19.0. The lowest BCUT2D eigenvalue weighted by atomic mass is 10.1. The van der Waals surface area contributed by atoms with Crippen molar-refractivity contribution in [1.82, 2.24) is 4.31 Å². The molecule has 0 aromatic heterocycles. The van der Waals surface area contributed by atoms with Crippen molar-refractivity contribution in [3.05, 3.63) is 59.7 Å². The molecule has 0 aliphatic rings. The number of methoxy groups -OCH3 is 2. The maximum absolute atomic E-state index is 13.3. The molecule has 0 spiro atoms. The molecule has 7 nitrogen and oxygen atoms in total. The summed E-state index contributed by atoms with van der Waals surface area (Å²) >= 11 is 0. The van der Waals surface area contributed by atoms with E-state index in [-0.39, 0.29) is 36.6 Å². The zero-order valence-electron chi connectivity index (χ0n) is 18.2. The van der Waals surface area contributed by atoms with E-state index in [1.54, 1.807) is 43.5 Å². The van der Waals surface area contributed by atoms with E-state index < -0.39 is 16.0 Å². The SMILES string of the molecule is COC(=O)CC(=O)CCCCN(Cc1ccc(OC)cc1)S(=O)(=O)c1ccc(C)cc1. The number of hydrogen-bond acceptors (Lipinski definition) is 6. The first kappa shape index (κ1) is 24.6. The monoisotopic (exact) mass is 447 g/mol. The molecule has 2 aromatic carbocycles. The highest BCUT2D eigenvalue weighted by Gasteiger charge is 2.24. The highest BCUT2D eigenvalue weighted by atomic mass is 32.2. The Morgan fingerprint density at radius 2 is 1.58 bits per heavy atom. The van der Waals surface area contributed by atoms with Gasteiger partial charge in [0.25, 0.3) is 0 Å². The Kier molecular flexibility index (Phi) is 9.21. The first-order valence-electron chi connectivity index (χ1n) is 10.0. The molecule has 0 fully saturated rings. The van der Waals surface area contributed by atoms with Gasteiger partial charge in [0, 0.05) is 19.5 Å². The van der Waals surface area contributed by atoms with Gasteiger partial charge in [0.05, 0.1) is 19.1 Å². The van der Waals surface area contributed by atoms with Crippen molar-refractivity contribution in [2.24, 2.45) is 0 Å². The molecule has 0 saturated carbocycles. The predicted molar refractivity (Wildman–Crippen MR) is 117 cm³/mol. The molecular formula is C23H29NO6S. The van der Waals surface area contributed by atoms with Gasteiger partial charge in [0.15, 0.2) is 0 Å². The van der Waals surface area contributed by atoms with Crippen molar-refractivity contribution < 1.29 is 27.5 Å². The Hall–Kier alpha value is -2.71. The number of Topliss-reactive ketones (excluding diaryl/α,β-unsaturated/α-hetero) is 1. The Bertz CT molecular complexity index is 968. The largest absolute Gasteiger partial charge is 0.497 e. The maximum atomic E-state index is 13.3. The number of esters is 1. The van der Waals surface area contributed by atoms with Crippen LogP contribution < -0.4 is 4.74 Å². The second-order valence-electron chi connectivity index (χ2n) is 7.25. The van der Waals surface area contributed by atoms with E-state index in [4.69, 9.17) is 4.74 Å².